The van der Waals surface area contributed by atoms with Crippen LogP contribution in [0.1, 0.15) is 51.0 Å². The second-order valence-electron chi connectivity index (χ2n) is 6.67. The van der Waals surface area contributed by atoms with Gasteiger partial charge in [0.05, 0.1) is 5.56 Å². The van der Waals surface area contributed by atoms with Gasteiger partial charge in [0.15, 0.2) is 0 Å². The van der Waals surface area contributed by atoms with Crippen LogP contribution >= 0.6 is 0 Å². The van der Waals surface area contributed by atoms with Crippen LogP contribution in [0.5, 0.6) is 17.2 Å². The van der Waals surface area contributed by atoms with Crippen LogP contribution in [0.2, 0.25) is 0 Å². The molecule has 0 saturated heterocycles. The molecule has 0 amide bonds. The van der Waals surface area contributed by atoms with Gasteiger partial charge in [-0.25, -0.2) is 0 Å². The largest absolute Gasteiger partial charge is 0.508 e. The minimum Gasteiger partial charge on any atom is -0.508 e. The van der Waals surface area contributed by atoms with E-state index in [4.69, 9.17) is 4.74 Å². The third-order valence-electron chi connectivity index (χ3n) is 4.58. The van der Waals surface area contributed by atoms with Crippen molar-refractivity contribution in [2.45, 2.75) is 56.7 Å². The lowest BCUT2D eigenvalue weighted by molar-refractivity contribution is -0.0776. The van der Waals surface area contributed by atoms with Crippen LogP contribution < -0.4 is 4.74 Å². The number of ether oxygens (including phenoxy) is 1. The zero-order valence-electron chi connectivity index (χ0n) is 12.4. The van der Waals surface area contributed by atoms with Crippen LogP contribution in [0.25, 0.3) is 0 Å². The molecule has 4 nitrogen and oxygen atoms in total. The Labute approximate surface area is 124 Å². The zero-order chi connectivity index (χ0) is 15.3. The lowest BCUT2D eigenvalue weighted by Gasteiger charge is -2.45. The summed E-state index contributed by atoms with van der Waals surface area (Å²) in [6.45, 7) is 5.76. The zero-order valence-corrected chi connectivity index (χ0v) is 12.4. The molecular formula is C17H22O4. The molecule has 1 aliphatic carbocycles. The van der Waals surface area contributed by atoms with Crippen LogP contribution in [0.4, 0.5) is 0 Å². The fourth-order valence-electron chi connectivity index (χ4n) is 3.97. The first-order valence-corrected chi connectivity index (χ1v) is 7.46. The van der Waals surface area contributed by atoms with Gasteiger partial charge in [0.25, 0.3) is 0 Å². The van der Waals surface area contributed by atoms with E-state index in [0.29, 0.717) is 24.2 Å². The fraction of sp³-hybridized carbons (Fsp3) is 0.529. The highest BCUT2D eigenvalue weighted by Crippen LogP contribution is 2.55. The van der Waals surface area contributed by atoms with Crippen molar-refractivity contribution in [1.82, 2.24) is 0 Å². The Bertz CT molecular complexity index is 587. The van der Waals surface area contributed by atoms with Crippen molar-refractivity contribution in [3.05, 3.63) is 29.8 Å². The molecule has 1 unspecified atom stereocenters. The van der Waals surface area contributed by atoms with Crippen LogP contribution in [0.3, 0.4) is 0 Å². The lowest BCUT2D eigenvalue weighted by atomic mass is 9.74. The van der Waals surface area contributed by atoms with Gasteiger partial charge < -0.3 is 20.1 Å². The average Bonchev–Trinajstić information content (AvgIpc) is 2.72. The van der Waals surface area contributed by atoms with Crippen molar-refractivity contribution in [2.75, 3.05) is 0 Å². The summed E-state index contributed by atoms with van der Waals surface area (Å²) in [5.41, 5.74) is -0.356. The summed E-state index contributed by atoms with van der Waals surface area (Å²) in [6, 6.07) is 2.73. The molecule has 1 aromatic carbocycles. The molecule has 1 aromatic rings. The number of rotatable bonds is 2. The highest BCUT2D eigenvalue weighted by atomic mass is 16.5. The number of benzene rings is 1. The van der Waals surface area contributed by atoms with Gasteiger partial charge in [0.2, 0.25) is 0 Å². The van der Waals surface area contributed by atoms with E-state index in [0.717, 1.165) is 31.3 Å². The molecule has 3 rings (SSSR count). The Hall–Kier alpha value is -1.68. The molecule has 1 fully saturated rings. The standard InChI is InChI=1S/C17H22O4/c1-11(2)9-17(20)10-16(5-3-4-6-16)21-14-8-12(18)7-13(19)15(14)17/h7-8,18-20H,1,3-6,9-10H2,2H3. The van der Waals surface area contributed by atoms with Crippen LogP contribution in [0, 0.1) is 0 Å². The Kier molecular flexibility index (Phi) is 3.17. The van der Waals surface area contributed by atoms with Gasteiger partial charge >= 0.3 is 0 Å². The van der Waals surface area contributed by atoms with E-state index in [1.54, 1.807) is 0 Å². The predicted octanol–water partition coefficient (Wildman–Crippen LogP) is 3.35. The van der Waals surface area contributed by atoms with E-state index < -0.39 is 11.2 Å². The topological polar surface area (TPSA) is 69.9 Å². The van der Waals surface area contributed by atoms with E-state index >= 15 is 0 Å². The molecule has 4 heteroatoms. The van der Waals surface area contributed by atoms with Crippen molar-refractivity contribution in [1.29, 1.82) is 0 Å². The van der Waals surface area contributed by atoms with E-state index in [1.807, 2.05) is 6.92 Å². The molecule has 114 valence electrons. The highest BCUT2D eigenvalue weighted by molar-refractivity contribution is 5.54. The predicted molar refractivity (Wildman–Crippen MR) is 79.5 cm³/mol. The molecule has 1 aliphatic heterocycles. The summed E-state index contributed by atoms with van der Waals surface area (Å²) in [5, 5.41) is 31.1. The van der Waals surface area contributed by atoms with Gasteiger partial charge in [-0.3, -0.25) is 0 Å². The molecule has 1 spiro atoms. The van der Waals surface area contributed by atoms with Crippen molar-refractivity contribution >= 4 is 0 Å². The molecule has 1 heterocycles. The lowest BCUT2D eigenvalue weighted by Crippen LogP contribution is -2.46. The third-order valence-corrected chi connectivity index (χ3v) is 4.58. The second-order valence-corrected chi connectivity index (χ2v) is 6.67. The summed E-state index contributed by atoms with van der Waals surface area (Å²) >= 11 is 0. The average molecular weight is 290 g/mol. The van der Waals surface area contributed by atoms with Gasteiger partial charge in [0, 0.05) is 25.0 Å². The molecule has 0 bridgehead atoms. The first-order valence-electron chi connectivity index (χ1n) is 7.46. The normalized spacial score (nSPS) is 26.4. The molecule has 1 atom stereocenters. The van der Waals surface area contributed by atoms with Gasteiger partial charge in [-0.05, 0) is 32.6 Å². The molecular weight excluding hydrogens is 268 g/mol. The summed E-state index contributed by atoms with van der Waals surface area (Å²) in [5.74, 6) is 0.213. The van der Waals surface area contributed by atoms with Crippen LogP contribution in [-0.2, 0) is 5.60 Å². The molecule has 0 radical (unpaired) electrons. The summed E-state index contributed by atoms with van der Waals surface area (Å²) in [4.78, 5) is 0. The van der Waals surface area contributed by atoms with Gasteiger partial charge in [-0.15, -0.1) is 6.58 Å². The van der Waals surface area contributed by atoms with Gasteiger partial charge in [-0.1, -0.05) is 5.57 Å². The van der Waals surface area contributed by atoms with Crippen molar-refractivity contribution < 1.29 is 20.1 Å². The molecule has 1 saturated carbocycles. The van der Waals surface area contributed by atoms with Crippen molar-refractivity contribution in [3.8, 4) is 17.2 Å². The molecule has 2 aliphatic rings. The summed E-state index contributed by atoms with van der Waals surface area (Å²) in [7, 11) is 0. The molecule has 3 N–H and O–H groups in total. The number of hydrogen-bond donors (Lipinski definition) is 3. The van der Waals surface area contributed by atoms with E-state index in [-0.39, 0.29) is 11.5 Å². The minimum atomic E-state index is -1.19. The quantitative estimate of drug-likeness (QED) is 0.731. The second kappa shape index (κ2) is 4.67. The van der Waals surface area contributed by atoms with E-state index in [9.17, 15) is 15.3 Å². The number of phenolic OH excluding ortho intramolecular Hbond substituents is 2. The summed E-state index contributed by atoms with van der Waals surface area (Å²) in [6.07, 6.45) is 4.76. The van der Waals surface area contributed by atoms with Crippen LogP contribution in [-0.4, -0.2) is 20.9 Å². The van der Waals surface area contributed by atoms with Crippen LogP contribution in [0.15, 0.2) is 24.3 Å². The number of hydrogen-bond acceptors (Lipinski definition) is 4. The Balaban J connectivity index is 2.14. The Morgan fingerprint density at radius 1 is 1.29 bits per heavy atom. The van der Waals surface area contributed by atoms with E-state index in [1.165, 1.54) is 12.1 Å². The number of phenols is 2. The Morgan fingerprint density at radius 2 is 1.95 bits per heavy atom. The Morgan fingerprint density at radius 3 is 2.57 bits per heavy atom. The number of fused-ring (bicyclic) bond motifs is 1. The number of aromatic hydroxyl groups is 2. The third kappa shape index (κ3) is 2.38. The summed E-state index contributed by atoms with van der Waals surface area (Å²) < 4.78 is 6.11. The fourth-order valence-corrected chi connectivity index (χ4v) is 3.97. The molecule has 21 heavy (non-hydrogen) atoms. The molecule has 0 aromatic heterocycles. The highest BCUT2D eigenvalue weighted by Gasteiger charge is 2.51. The van der Waals surface area contributed by atoms with Gasteiger partial charge in [-0.2, -0.15) is 0 Å². The maximum Gasteiger partial charge on any atom is 0.133 e. The maximum absolute atomic E-state index is 11.2. The maximum atomic E-state index is 11.2. The van der Waals surface area contributed by atoms with Crippen molar-refractivity contribution in [3.63, 3.8) is 0 Å². The minimum absolute atomic E-state index is 0.0565. The smallest absolute Gasteiger partial charge is 0.133 e. The van der Waals surface area contributed by atoms with E-state index in [2.05, 4.69) is 6.58 Å². The first-order chi connectivity index (χ1) is 9.84. The van der Waals surface area contributed by atoms with Gasteiger partial charge in [0.1, 0.15) is 28.5 Å². The number of aliphatic hydroxyl groups is 1. The SMILES string of the molecule is C=C(C)CC1(O)CC2(CCCC2)Oc2cc(O)cc(O)c21. The first kappa shape index (κ1) is 14.3. The monoisotopic (exact) mass is 290 g/mol. The van der Waals surface area contributed by atoms with Crippen molar-refractivity contribution in [2.24, 2.45) is 0 Å².